The van der Waals surface area contributed by atoms with Gasteiger partial charge < -0.3 is 15.0 Å². The number of ether oxygens (including phenoxy) is 1. The number of morpholine rings is 1. The molecule has 2 amide bonds. The summed E-state index contributed by atoms with van der Waals surface area (Å²) in [6.07, 6.45) is 0. The zero-order chi connectivity index (χ0) is 20.2. The summed E-state index contributed by atoms with van der Waals surface area (Å²) >= 11 is 0. The van der Waals surface area contributed by atoms with Gasteiger partial charge in [0.25, 0.3) is 11.8 Å². The molecule has 0 aliphatic carbocycles. The summed E-state index contributed by atoms with van der Waals surface area (Å²) < 4.78 is 6.86. The monoisotopic (exact) mass is 392 g/mol. The summed E-state index contributed by atoms with van der Waals surface area (Å²) in [5.74, 6) is 0.333. The first-order chi connectivity index (χ1) is 14.1. The van der Waals surface area contributed by atoms with Crippen LogP contribution in [0.25, 0.3) is 5.69 Å². The molecule has 1 aliphatic rings. The molecule has 1 aliphatic heterocycles. The second-order valence-electron chi connectivity index (χ2n) is 6.62. The molecule has 1 aromatic heterocycles. The van der Waals surface area contributed by atoms with Crippen molar-refractivity contribution in [2.45, 2.75) is 6.92 Å². The first-order valence-electron chi connectivity index (χ1n) is 9.26. The maximum absolute atomic E-state index is 12.6. The number of amides is 2. The lowest BCUT2D eigenvalue weighted by molar-refractivity contribution is 0.0303. The van der Waals surface area contributed by atoms with Crippen LogP contribution in [0.1, 0.15) is 26.5 Å². The van der Waals surface area contributed by atoms with Gasteiger partial charge in [-0.05, 0) is 59.8 Å². The van der Waals surface area contributed by atoms with Crippen molar-refractivity contribution in [3.8, 4) is 5.69 Å². The van der Waals surface area contributed by atoms with Crippen LogP contribution in [0.5, 0.6) is 0 Å². The number of aryl methyl sites for hydroxylation is 1. The van der Waals surface area contributed by atoms with Crippen molar-refractivity contribution in [1.82, 2.24) is 25.1 Å². The molecule has 9 heteroatoms. The third-order valence-corrected chi connectivity index (χ3v) is 4.67. The van der Waals surface area contributed by atoms with Crippen molar-refractivity contribution in [2.24, 2.45) is 0 Å². The first kappa shape index (κ1) is 18.8. The van der Waals surface area contributed by atoms with Crippen molar-refractivity contribution >= 4 is 17.5 Å². The Morgan fingerprint density at radius 3 is 2.45 bits per heavy atom. The van der Waals surface area contributed by atoms with E-state index in [-0.39, 0.29) is 11.8 Å². The zero-order valence-electron chi connectivity index (χ0n) is 15.9. The van der Waals surface area contributed by atoms with Crippen LogP contribution in [0.4, 0.5) is 5.69 Å². The summed E-state index contributed by atoms with van der Waals surface area (Å²) in [5, 5.41) is 14.3. The lowest BCUT2D eigenvalue weighted by atomic mass is 10.1. The molecule has 2 aromatic carbocycles. The SMILES string of the molecule is Cc1nnnn1-c1cccc(NC(=O)c2ccc(C(=O)N3CCOCC3)cc2)c1. The highest BCUT2D eigenvalue weighted by Crippen LogP contribution is 2.16. The Hall–Kier alpha value is -3.59. The van der Waals surface area contributed by atoms with Crippen LogP contribution >= 0.6 is 0 Å². The lowest BCUT2D eigenvalue weighted by Crippen LogP contribution is -2.40. The molecule has 148 valence electrons. The van der Waals surface area contributed by atoms with E-state index in [1.165, 1.54) is 0 Å². The molecule has 0 spiro atoms. The van der Waals surface area contributed by atoms with Crippen LogP contribution in [0.3, 0.4) is 0 Å². The van der Waals surface area contributed by atoms with Gasteiger partial charge in [-0.25, -0.2) is 0 Å². The minimum Gasteiger partial charge on any atom is -0.378 e. The van der Waals surface area contributed by atoms with Gasteiger partial charge in [-0.3, -0.25) is 9.59 Å². The van der Waals surface area contributed by atoms with Crippen LogP contribution < -0.4 is 5.32 Å². The number of nitrogens with zero attached hydrogens (tertiary/aromatic N) is 5. The number of rotatable bonds is 4. The molecular weight excluding hydrogens is 372 g/mol. The summed E-state index contributed by atoms with van der Waals surface area (Å²) in [4.78, 5) is 26.8. The van der Waals surface area contributed by atoms with Crippen molar-refractivity contribution < 1.29 is 14.3 Å². The molecule has 2 heterocycles. The summed E-state index contributed by atoms with van der Waals surface area (Å²) in [6.45, 7) is 4.06. The van der Waals surface area contributed by atoms with E-state index in [1.807, 2.05) is 12.1 Å². The van der Waals surface area contributed by atoms with E-state index < -0.39 is 0 Å². The Bertz CT molecular complexity index is 1020. The van der Waals surface area contributed by atoms with E-state index in [0.717, 1.165) is 5.69 Å². The number of hydrogen-bond acceptors (Lipinski definition) is 6. The molecule has 1 fully saturated rings. The van der Waals surface area contributed by atoms with E-state index in [1.54, 1.807) is 52.9 Å². The molecule has 0 bridgehead atoms. The van der Waals surface area contributed by atoms with Crippen LogP contribution in [0, 0.1) is 6.92 Å². The highest BCUT2D eigenvalue weighted by Gasteiger charge is 2.18. The predicted octanol–water partition coefficient (Wildman–Crippen LogP) is 1.70. The summed E-state index contributed by atoms with van der Waals surface area (Å²) in [7, 11) is 0. The van der Waals surface area contributed by atoms with Gasteiger partial charge in [0.2, 0.25) is 0 Å². The largest absolute Gasteiger partial charge is 0.378 e. The third kappa shape index (κ3) is 4.14. The average Bonchev–Trinajstić information content (AvgIpc) is 3.20. The molecule has 0 atom stereocenters. The molecule has 4 rings (SSSR count). The number of benzene rings is 2. The first-order valence-corrected chi connectivity index (χ1v) is 9.26. The van der Waals surface area contributed by atoms with E-state index in [4.69, 9.17) is 4.74 Å². The van der Waals surface area contributed by atoms with Gasteiger partial charge in [0.05, 0.1) is 18.9 Å². The molecule has 0 unspecified atom stereocenters. The van der Waals surface area contributed by atoms with Crippen LogP contribution in [0.2, 0.25) is 0 Å². The van der Waals surface area contributed by atoms with Gasteiger partial charge in [-0.2, -0.15) is 4.68 Å². The molecule has 0 saturated carbocycles. The lowest BCUT2D eigenvalue weighted by Gasteiger charge is -2.26. The number of aromatic nitrogens is 4. The van der Waals surface area contributed by atoms with Crippen molar-refractivity contribution in [2.75, 3.05) is 31.6 Å². The Balaban J connectivity index is 1.45. The second-order valence-corrected chi connectivity index (χ2v) is 6.62. The van der Waals surface area contributed by atoms with Gasteiger partial charge in [0.1, 0.15) is 0 Å². The van der Waals surface area contributed by atoms with Gasteiger partial charge >= 0.3 is 0 Å². The minimum atomic E-state index is -0.263. The van der Waals surface area contributed by atoms with Gasteiger partial charge in [0, 0.05) is 29.9 Å². The molecule has 29 heavy (non-hydrogen) atoms. The van der Waals surface area contributed by atoms with E-state index >= 15 is 0 Å². The Kier molecular flexibility index (Phi) is 5.30. The Labute approximate surface area is 167 Å². The average molecular weight is 392 g/mol. The topological polar surface area (TPSA) is 102 Å². The number of tetrazole rings is 1. The molecular formula is C20H20N6O3. The smallest absolute Gasteiger partial charge is 0.255 e. The third-order valence-electron chi connectivity index (χ3n) is 4.67. The van der Waals surface area contributed by atoms with Gasteiger partial charge in [-0.15, -0.1) is 5.10 Å². The number of anilines is 1. The number of nitrogens with one attached hydrogen (secondary N) is 1. The fourth-order valence-corrected chi connectivity index (χ4v) is 3.10. The quantitative estimate of drug-likeness (QED) is 0.725. The van der Waals surface area contributed by atoms with E-state index in [0.29, 0.717) is 48.9 Å². The molecule has 3 aromatic rings. The van der Waals surface area contributed by atoms with Gasteiger partial charge in [-0.1, -0.05) is 6.07 Å². The normalized spacial score (nSPS) is 13.9. The molecule has 1 N–H and O–H groups in total. The van der Waals surface area contributed by atoms with Crippen LogP contribution in [0.15, 0.2) is 48.5 Å². The number of carbonyl (C=O) groups is 2. The number of carbonyl (C=O) groups excluding carboxylic acids is 2. The summed E-state index contributed by atoms with van der Waals surface area (Å²) in [6, 6.07) is 13.9. The predicted molar refractivity (Wildman–Crippen MR) is 105 cm³/mol. The zero-order valence-corrected chi connectivity index (χ0v) is 15.9. The Morgan fingerprint density at radius 1 is 1.03 bits per heavy atom. The highest BCUT2D eigenvalue weighted by molar-refractivity contribution is 6.05. The fraction of sp³-hybridized carbons (Fsp3) is 0.250. The maximum Gasteiger partial charge on any atom is 0.255 e. The fourth-order valence-electron chi connectivity index (χ4n) is 3.10. The van der Waals surface area contributed by atoms with Crippen LogP contribution in [-0.2, 0) is 4.74 Å². The minimum absolute atomic E-state index is 0.0511. The van der Waals surface area contributed by atoms with Gasteiger partial charge in [0.15, 0.2) is 5.82 Å². The van der Waals surface area contributed by atoms with E-state index in [2.05, 4.69) is 20.8 Å². The van der Waals surface area contributed by atoms with E-state index in [9.17, 15) is 9.59 Å². The van der Waals surface area contributed by atoms with Crippen molar-refractivity contribution in [1.29, 1.82) is 0 Å². The number of hydrogen-bond donors (Lipinski definition) is 1. The second kappa shape index (κ2) is 8.19. The standard InChI is InChI=1S/C20H20N6O3/c1-14-22-23-24-26(14)18-4-2-3-17(13-18)21-19(27)15-5-7-16(8-6-15)20(28)25-9-11-29-12-10-25/h2-8,13H,9-12H2,1H3,(H,21,27). The molecule has 0 radical (unpaired) electrons. The van der Waals surface area contributed by atoms with Crippen LogP contribution in [-0.4, -0.2) is 63.2 Å². The van der Waals surface area contributed by atoms with Crippen molar-refractivity contribution in [3.05, 3.63) is 65.5 Å². The highest BCUT2D eigenvalue weighted by atomic mass is 16.5. The van der Waals surface area contributed by atoms with Crippen molar-refractivity contribution in [3.63, 3.8) is 0 Å². The summed E-state index contributed by atoms with van der Waals surface area (Å²) in [5.41, 5.74) is 2.39. The Morgan fingerprint density at radius 2 is 1.76 bits per heavy atom. The molecule has 9 nitrogen and oxygen atoms in total. The molecule has 1 saturated heterocycles. The maximum atomic E-state index is 12.6.